The van der Waals surface area contributed by atoms with E-state index in [9.17, 15) is 0 Å². The summed E-state index contributed by atoms with van der Waals surface area (Å²) in [5, 5.41) is 0. The van der Waals surface area contributed by atoms with Crippen LogP contribution in [0.1, 0.15) is 40.0 Å². The fourth-order valence-corrected chi connectivity index (χ4v) is 2.95. The van der Waals surface area contributed by atoms with Crippen LogP contribution in [0.2, 0.25) is 0 Å². The summed E-state index contributed by atoms with van der Waals surface area (Å²) in [7, 11) is 0. The van der Waals surface area contributed by atoms with Crippen molar-refractivity contribution in [3.8, 4) is 0 Å². The average molecular weight is 285 g/mol. The first-order valence-electron chi connectivity index (χ1n) is 8.20. The molecule has 0 saturated carbocycles. The molecule has 2 heterocycles. The molecule has 0 aromatic rings. The fourth-order valence-electron chi connectivity index (χ4n) is 2.95. The third kappa shape index (κ3) is 5.68. The molecular weight excluding hydrogens is 254 g/mol. The van der Waals surface area contributed by atoms with Gasteiger partial charge in [-0.25, -0.2) is 0 Å². The Kier molecular flexibility index (Phi) is 6.75. The molecule has 2 atom stereocenters. The van der Waals surface area contributed by atoms with Gasteiger partial charge in [0.05, 0.1) is 24.9 Å². The summed E-state index contributed by atoms with van der Waals surface area (Å²) in [6, 6.07) is 0. The Labute approximate surface area is 123 Å². The smallest absolute Gasteiger partial charge is 0.0673 e. The minimum atomic E-state index is 0.323. The van der Waals surface area contributed by atoms with Crippen LogP contribution < -0.4 is 0 Å². The Balaban J connectivity index is 1.45. The van der Waals surface area contributed by atoms with E-state index in [4.69, 9.17) is 14.2 Å². The van der Waals surface area contributed by atoms with E-state index in [-0.39, 0.29) is 0 Å². The van der Waals surface area contributed by atoms with E-state index in [1.807, 2.05) is 0 Å². The zero-order valence-electron chi connectivity index (χ0n) is 13.3. The van der Waals surface area contributed by atoms with Crippen molar-refractivity contribution >= 4 is 0 Å². The predicted octanol–water partition coefficient (Wildman–Crippen LogP) is 2.32. The van der Waals surface area contributed by atoms with Crippen molar-refractivity contribution < 1.29 is 14.2 Å². The van der Waals surface area contributed by atoms with E-state index < -0.39 is 0 Å². The molecule has 0 aliphatic carbocycles. The van der Waals surface area contributed by atoms with Crippen LogP contribution in [0.4, 0.5) is 0 Å². The molecule has 2 aliphatic rings. The Hall–Kier alpha value is -0.160. The topological polar surface area (TPSA) is 30.9 Å². The molecular formula is C16H31NO3. The lowest BCUT2D eigenvalue weighted by molar-refractivity contribution is -0.0399. The van der Waals surface area contributed by atoms with Crippen LogP contribution >= 0.6 is 0 Å². The van der Waals surface area contributed by atoms with Gasteiger partial charge in [0.2, 0.25) is 0 Å². The number of nitrogens with zero attached hydrogens (tertiary/aromatic N) is 1. The molecule has 2 unspecified atom stereocenters. The molecule has 0 N–H and O–H groups in total. The second kappa shape index (κ2) is 8.32. The zero-order chi connectivity index (χ0) is 14.4. The van der Waals surface area contributed by atoms with Crippen LogP contribution in [0, 0.1) is 5.92 Å². The number of ether oxygens (including phenoxy) is 3. The number of likely N-dealkylation sites (tertiary alicyclic amines) is 1. The lowest BCUT2D eigenvalue weighted by atomic mass is 10.0. The third-order valence-corrected chi connectivity index (χ3v) is 4.08. The van der Waals surface area contributed by atoms with Gasteiger partial charge in [-0.05, 0) is 40.0 Å². The van der Waals surface area contributed by atoms with Crippen molar-refractivity contribution in [2.24, 2.45) is 5.92 Å². The zero-order valence-corrected chi connectivity index (χ0v) is 13.3. The van der Waals surface area contributed by atoms with Crippen molar-refractivity contribution in [3.05, 3.63) is 0 Å². The molecule has 118 valence electrons. The first-order chi connectivity index (χ1) is 9.63. The van der Waals surface area contributed by atoms with Crippen LogP contribution in [0.15, 0.2) is 0 Å². The first kappa shape index (κ1) is 16.2. The third-order valence-electron chi connectivity index (χ3n) is 4.08. The fraction of sp³-hybridized carbons (Fsp3) is 1.00. The summed E-state index contributed by atoms with van der Waals surface area (Å²) < 4.78 is 17.1. The van der Waals surface area contributed by atoms with Crippen LogP contribution in [-0.2, 0) is 14.2 Å². The lowest BCUT2D eigenvalue weighted by Crippen LogP contribution is -2.51. The van der Waals surface area contributed by atoms with Gasteiger partial charge in [-0.1, -0.05) is 0 Å². The Morgan fingerprint density at radius 1 is 1.20 bits per heavy atom. The Morgan fingerprint density at radius 3 is 2.65 bits per heavy atom. The van der Waals surface area contributed by atoms with Gasteiger partial charge in [0, 0.05) is 38.8 Å². The normalized spacial score (nSPS) is 26.1. The second-order valence-electron chi connectivity index (χ2n) is 6.57. The highest BCUT2D eigenvalue weighted by molar-refractivity contribution is 4.81. The summed E-state index contributed by atoms with van der Waals surface area (Å²) in [6.07, 6.45) is 4.60. The van der Waals surface area contributed by atoms with E-state index in [0.717, 1.165) is 51.8 Å². The molecule has 2 rings (SSSR count). The van der Waals surface area contributed by atoms with Crippen LogP contribution in [0.3, 0.4) is 0 Å². The minimum Gasteiger partial charge on any atom is -0.378 e. The molecule has 0 spiro atoms. The van der Waals surface area contributed by atoms with E-state index in [1.54, 1.807) is 0 Å². The summed E-state index contributed by atoms with van der Waals surface area (Å²) in [4.78, 5) is 2.46. The van der Waals surface area contributed by atoms with Gasteiger partial charge in [-0.15, -0.1) is 0 Å². The highest BCUT2D eigenvalue weighted by Gasteiger charge is 2.28. The molecule has 0 radical (unpaired) electrons. The van der Waals surface area contributed by atoms with Gasteiger partial charge in [0.15, 0.2) is 0 Å². The maximum atomic E-state index is 5.89. The van der Waals surface area contributed by atoms with E-state index in [1.165, 1.54) is 12.8 Å². The van der Waals surface area contributed by atoms with Gasteiger partial charge in [0.25, 0.3) is 0 Å². The summed E-state index contributed by atoms with van der Waals surface area (Å²) >= 11 is 0. The number of rotatable bonds is 9. The summed E-state index contributed by atoms with van der Waals surface area (Å²) in [6.45, 7) is 12.4. The van der Waals surface area contributed by atoms with E-state index in [2.05, 4.69) is 25.7 Å². The van der Waals surface area contributed by atoms with Crippen molar-refractivity contribution in [2.75, 3.05) is 39.5 Å². The van der Waals surface area contributed by atoms with Crippen molar-refractivity contribution in [1.82, 2.24) is 4.90 Å². The quantitative estimate of drug-likeness (QED) is 0.650. The monoisotopic (exact) mass is 285 g/mol. The molecule has 0 aromatic carbocycles. The van der Waals surface area contributed by atoms with Gasteiger partial charge in [0.1, 0.15) is 0 Å². The van der Waals surface area contributed by atoms with Gasteiger partial charge in [-0.2, -0.15) is 0 Å². The average Bonchev–Trinajstić information content (AvgIpc) is 2.84. The highest BCUT2D eigenvalue weighted by Crippen LogP contribution is 2.18. The maximum Gasteiger partial charge on any atom is 0.0673 e. The van der Waals surface area contributed by atoms with E-state index in [0.29, 0.717) is 18.3 Å². The molecule has 0 bridgehead atoms. The molecule has 0 amide bonds. The summed E-state index contributed by atoms with van der Waals surface area (Å²) in [5.41, 5.74) is 0. The van der Waals surface area contributed by atoms with Crippen molar-refractivity contribution in [1.29, 1.82) is 0 Å². The second-order valence-corrected chi connectivity index (χ2v) is 6.57. The van der Waals surface area contributed by atoms with Crippen LogP contribution in [0.5, 0.6) is 0 Å². The molecule has 2 aliphatic heterocycles. The largest absolute Gasteiger partial charge is 0.378 e. The Morgan fingerprint density at radius 2 is 2.00 bits per heavy atom. The standard InChI is InChI=1S/C16H31NO3/c1-13(2)20-12-15-10-17(11-15)9-14(3)18-8-6-16-5-4-7-19-16/h13-16H,4-12H2,1-3H3. The molecule has 20 heavy (non-hydrogen) atoms. The van der Waals surface area contributed by atoms with Gasteiger partial charge in [-0.3, -0.25) is 4.90 Å². The number of hydrogen-bond acceptors (Lipinski definition) is 4. The minimum absolute atomic E-state index is 0.323. The molecule has 4 nitrogen and oxygen atoms in total. The SMILES string of the molecule is CC(C)OCC1CN(CC(C)OCCC2CCCO2)C1. The Bertz CT molecular complexity index is 260. The molecule has 4 heteroatoms. The molecule has 0 aromatic heterocycles. The predicted molar refractivity (Wildman–Crippen MR) is 80.0 cm³/mol. The lowest BCUT2D eigenvalue weighted by Gasteiger charge is -2.40. The van der Waals surface area contributed by atoms with Crippen LogP contribution in [0.25, 0.3) is 0 Å². The highest BCUT2D eigenvalue weighted by atomic mass is 16.5. The molecule has 2 fully saturated rings. The number of hydrogen-bond donors (Lipinski definition) is 0. The van der Waals surface area contributed by atoms with Crippen molar-refractivity contribution in [2.45, 2.75) is 58.3 Å². The first-order valence-corrected chi connectivity index (χ1v) is 8.20. The van der Waals surface area contributed by atoms with Crippen molar-refractivity contribution in [3.63, 3.8) is 0 Å². The van der Waals surface area contributed by atoms with Gasteiger partial charge < -0.3 is 14.2 Å². The van der Waals surface area contributed by atoms with E-state index >= 15 is 0 Å². The molecule has 2 saturated heterocycles. The summed E-state index contributed by atoms with van der Waals surface area (Å²) in [5.74, 6) is 0.719. The van der Waals surface area contributed by atoms with Gasteiger partial charge >= 0.3 is 0 Å². The van der Waals surface area contributed by atoms with Crippen LogP contribution in [-0.4, -0.2) is 62.7 Å². The maximum absolute atomic E-state index is 5.89.